The van der Waals surface area contributed by atoms with Crippen molar-refractivity contribution in [3.63, 3.8) is 0 Å². The van der Waals surface area contributed by atoms with E-state index in [9.17, 15) is 9.59 Å². The third kappa shape index (κ3) is 4.18. The van der Waals surface area contributed by atoms with Gasteiger partial charge in [0, 0.05) is 24.8 Å². The van der Waals surface area contributed by atoms with E-state index in [0.717, 1.165) is 29.9 Å². The molecule has 2 heterocycles. The molecule has 4 rings (SSSR count). The zero-order valence-electron chi connectivity index (χ0n) is 16.1. The highest BCUT2D eigenvalue weighted by atomic mass is 32.1. The Morgan fingerprint density at radius 3 is 2.46 bits per heavy atom. The number of carbonyl (C=O) groups excluding carboxylic acids is 1. The van der Waals surface area contributed by atoms with Gasteiger partial charge in [-0.25, -0.2) is 0 Å². The zero-order chi connectivity index (χ0) is 19.5. The van der Waals surface area contributed by atoms with Crippen LogP contribution >= 0.6 is 11.3 Å². The van der Waals surface area contributed by atoms with Crippen molar-refractivity contribution in [2.45, 2.75) is 32.2 Å². The van der Waals surface area contributed by atoms with Gasteiger partial charge in [-0.15, -0.1) is 0 Å². The van der Waals surface area contributed by atoms with Crippen LogP contribution in [0, 0.1) is 0 Å². The minimum absolute atomic E-state index is 0.00141. The van der Waals surface area contributed by atoms with E-state index in [2.05, 4.69) is 10.2 Å². The largest absolute Gasteiger partial charge is 0.322 e. The van der Waals surface area contributed by atoms with Crippen molar-refractivity contribution in [3.05, 3.63) is 63.3 Å². The number of nitrogens with zero attached hydrogens (tertiary/aromatic N) is 2. The summed E-state index contributed by atoms with van der Waals surface area (Å²) in [5.41, 5.74) is 3.47. The molecule has 0 unspecified atom stereocenters. The summed E-state index contributed by atoms with van der Waals surface area (Å²) < 4.78 is 2.49. The molecule has 1 aromatic heterocycles. The maximum Gasteiger partial charge on any atom is 0.307 e. The summed E-state index contributed by atoms with van der Waals surface area (Å²) in [7, 11) is 1.76. The lowest BCUT2D eigenvalue weighted by atomic mass is 10.1. The zero-order valence-corrected chi connectivity index (χ0v) is 16.9. The lowest BCUT2D eigenvalue weighted by Gasteiger charge is -2.19. The summed E-state index contributed by atoms with van der Waals surface area (Å²) in [6.07, 6.45) is 5.23. The van der Waals surface area contributed by atoms with Crippen molar-refractivity contribution in [2.24, 2.45) is 7.05 Å². The standard InChI is InChI=1S/C22H25N3O2S/c1-24-19-11-10-18(14-20(19)28-22(24)27)23-21(26)17-8-6-16(7-9-17)15-25-12-4-2-3-5-13-25/h6-11,14H,2-5,12-13,15H2,1H3,(H,23,26). The molecule has 0 aliphatic carbocycles. The highest BCUT2D eigenvalue weighted by Crippen LogP contribution is 2.22. The second kappa shape index (κ2) is 8.29. The van der Waals surface area contributed by atoms with E-state index in [1.807, 2.05) is 42.5 Å². The Labute approximate surface area is 168 Å². The van der Waals surface area contributed by atoms with Gasteiger partial charge in [0.15, 0.2) is 0 Å². The van der Waals surface area contributed by atoms with Crippen LogP contribution in [0.1, 0.15) is 41.6 Å². The first kappa shape index (κ1) is 18.9. The van der Waals surface area contributed by atoms with Crippen LogP contribution in [-0.4, -0.2) is 28.5 Å². The maximum atomic E-state index is 12.6. The van der Waals surface area contributed by atoms with E-state index in [1.54, 1.807) is 11.6 Å². The molecule has 28 heavy (non-hydrogen) atoms. The average molecular weight is 396 g/mol. The third-order valence-electron chi connectivity index (χ3n) is 5.37. The van der Waals surface area contributed by atoms with E-state index in [1.165, 1.54) is 42.6 Å². The summed E-state index contributed by atoms with van der Waals surface area (Å²) in [4.78, 5) is 26.9. The normalized spacial score (nSPS) is 15.5. The SMILES string of the molecule is Cn1c(=O)sc2cc(NC(=O)c3ccc(CN4CCCCCC4)cc3)ccc21. The molecule has 1 N–H and O–H groups in total. The first-order valence-electron chi connectivity index (χ1n) is 9.82. The number of likely N-dealkylation sites (tertiary alicyclic amines) is 1. The first-order valence-corrected chi connectivity index (χ1v) is 10.6. The topological polar surface area (TPSA) is 54.3 Å². The summed E-state index contributed by atoms with van der Waals surface area (Å²) in [5.74, 6) is -0.135. The number of carbonyl (C=O) groups is 1. The van der Waals surface area contributed by atoms with Gasteiger partial charge >= 0.3 is 4.87 Å². The van der Waals surface area contributed by atoms with Crippen LogP contribution in [0.15, 0.2) is 47.3 Å². The van der Waals surface area contributed by atoms with Crippen molar-refractivity contribution in [1.29, 1.82) is 0 Å². The number of aryl methyl sites for hydroxylation is 1. The molecule has 1 aliphatic heterocycles. The van der Waals surface area contributed by atoms with Gasteiger partial charge in [0.25, 0.3) is 5.91 Å². The Bertz CT molecular complexity index is 1030. The van der Waals surface area contributed by atoms with Gasteiger partial charge in [-0.2, -0.15) is 0 Å². The number of thiazole rings is 1. The quantitative estimate of drug-likeness (QED) is 0.719. The fraction of sp³-hybridized carbons (Fsp3) is 0.364. The average Bonchev–Trinajstić information content (AvgIpc) is 2.86. The van der Waals surface area contributed by atoms with Gasteiger partial charge in [0.05, 0.1) is 10.2 Å². The molecule has 0 saturated carbocycles. The minimum Gasteiger partial charge on any atom is -0.322 e. The molecule has 0 spiro atoms. The molecule has 1 aliphatic rings. The highest BCUT2D eigenvalue weighted by molar-refractivity contribution is 7.16. The number of anilines is 1. The van der Waals surface area contributed by atoms with Crippen LogP contribution < -0.4 is 10.2 Å². The van der Waals surface area contributed by atoms with E-state index >= 15 is 0 Å². The monoisotopic (exact) mass is 395 g/mol. The van der Waals surface area contributed by atoms with Crippen LogP contribution in [0.2, 0.25) is 0 Å². The van der Waals surface area contributed by atoms with E-state index in [-0.39, 0.29) is 10.8 Å². The lowest BCUT2D eigenvalue weighted by molar-refractivity contribution is 0.102. The molecule has 0 bridgehead atoms. The van der Waals surface area contributed by atoms with E-state index < -0.39 is 0 Å². The number of benzene rings is 2. The minimum atomic E-state index is -0.135. The fourth-order valence-electron chi connectivity index (χ4n) is 3.73. The van der Waals surface area contributed by atoms with Gasteiger partial charge in [0.2, 0.25) is 0 Å². The Hall–Kier alpha value is -2.44. The highest BCUT2D eigenvalue weighted by Gasteiger charge is 2.11. The van der Waals surface area contributed by atoms with Crippen LogP contribution in [0.4, 0.5) is 5.69 Å². The molecule has 2 aromatic carbocycles. The number of hydrogen-bond donors (Lipinski definition) is 1. The van der Waals surface area contributed by atoms with Crippen LogP contribution in [-0.2, 0) is 13.6 Å². The molecular formula is C22H25N3O2S. The number of hydrogen-bond acceptors (Lipinski definition) is 4. The number of rotatable bonds is 4. The maximum absolute atomic E-state index is 12.6. The smallest absolute Gasteiger partial charge is 0.307 e. The van der Waals surface area contributed by atoms with Crippen LogP contribution in [0.3, 0.4) is 0 Å². The molecule has 6 heteroatoms. The Morgan fingerprint density at radius 2 is 1.75 bits per heavy atom. The first-order chi connectivity index (χ1) is 13.6. The molecule has 1 amide bonds. The second-order valence-corrected chi connectivity index (χ2v) is 8.44. The van der Waals surface area contributed by atoms with Crippen molar-refractivity contribution in [3.8, 4) is 0 Å². The molecule has 3 aromatic rings. The lowest BCUT2D eigenvalue weighted by Crippen LogP contribution is -2.24. The number of amides is 1. The second-order valence-electron chi connectivity index (χ2n) is 7.45. The summed E-state index contributed by atoms with van der Waals surface area (Å²) in [6.45, 7) is 3.28. The summed E-state index contributed by atoms with van der Waals surface area (Å²) in [5, 5.41) is 2.93. The van der Waals surface area contributed by atoms with Gasteiger partial charge in [-0.1, -0.05) is 36.3 Å². The van der Waals surface area contributed by atoms with E-state index in [0.29, 0.717) is 11.3 Å². The predicted octanol–water partition coefficient (Wildman–Crippen LogP) is 4.23. The van der Waals surface area contributed by atoms with Gasteiger partial charge in [-0.3, -0.25) is 14.5 Å². The van der Waals surface area contributed by atoms with Crippen molar-refractivity contribution in [2.75, 3.05) is 18.4 Å². The van der Waals surface area contributed by atoms with Gasteiger partial charge in [0.1, 0.15) is 0 Å². The fourth-order valence-corrected chi connectivity index (χ4v) is 4.65. The Balaban J connectivity index is 1.42. The van der Waals surface area contributed by atoms with Crippen molar-refractivity contribution >= 4 is 33.1 Å². The molecule has 1 saturated heterocycles. The van der Waals surface area contributed by atoms with Gasteiger partial charge in [-0.05, 0) is 61.8 Å². The molecule has 0 atom stereocenters. The number of nitrogens with one attached hydrogen (secondary N) is 1. The Morgan fingerprint density at radius 1 is 1.04 bits per heavy atom. The molecule has 5 nitrogen and oxygen atoms in total. The molecule has 1 fully saturated rings. The molecule has 0 radical (unpaired) electrons. The Kier molecular flexibility index (Phi) is 5.59. The summed E-state index contributed by atoms with van der Waals surface area (Å²) in [6, 6.07) is 13.4. The van der Waals surface area contributed by atoms with Crippen molar-refractivity contribution < 1.29 is 4.79 Å². The van der Waals surface area contributed by atoms with Gasteiger partial charge < -0.3 is 9.88 Å². The number of fused-ring (bicyclic) bond motifs is 1. The van der Waals surface area contributed by atoms with E-state index in [4.69, 9.17) is 0 Å². The van der Waals surface area contributed by atoms with Crippen LogP contribution in [0.25, 0.3) is 10.2 Å². The molecular weight excluding hydrogens is 370 g/mol. The van der Waals surface area contributed by atoms with Crippen molar-refractivity contribution in [1.82, 2.24) is 9.47 Å². The summed E-state index contributed by atoms with van der Waals surface area (Å²) >= 11 is 1.19. The predicted molar refractivity (Wildman–Crippen MR) is 115 cm³/mol. The molecule has 146 valence electrons. The van der Waals surface area contributed by atoms with Crippen LogP contribution in [0.5, 0.6) is 0 Å². The third-order valence-corrected chi connectivity index (χ3v) is 6.37. The number of aromatic nitrogens is 1.